The van der Waals surface area contributed by atoms with Gasteiger partial charge in [0.2, 0.25) is 5.76 Å². The molecule has 0 unspecified atom stereocenters. The van der Waals surface area contributed by atoms with Gasteiger partial charge in [-0.05, 0) is 24.6 Å². The van der Waals surface area contributed by atoms with Crippen molar-refractivity contribution in [3.05, 3.63) is 35.8 Å². The fourth-order valence-electron chi connectivity index (χ4n) is 1.87. The lowest BCUT2D eigenvalue weighted by Crippen LogP contribution is -2.43. The lowest BCUT2D eigenvalue weighted by molar-refractivity contribution is -0.123. The number of nitrogens with one attached hydrogen (secondary N) is 2. The number of carbonyl (C=O) groups excluding carboxylic acids is 2. The SMILES string of the molecule is CCCOc1ccc(C(=O)NNC(=O)C2=COCCO2)cc1OC. The number of ether oxygens (including phenoxy) is 4. The van der Waals surface area contributed by atoms with Gasteiger partial charge in [0.05, 0.1) is 13.7 Å². The molecule has 1 aliphatic rings. The van der Waals surface area contributed by atoms with Crippen LogP contribution in [0.1, 0.15) is 23.7 Å². The summed E-state index contributed by atoms with van der Waals surface area (Å²) < 4.78 is 20.8. The lowest BCUT2D eigenvalue weighted by atomic mass is 10.2. The molecule has 130 valence electrons. The Hall–Kier alpha value is -2.90. The van der Waals surface area contributed by atoms with Gasteiger partial charge in [0.1, 0.15) is 19.5 Å². The molecule has 0 saturated heterocycles. The third kappa shape index (κ3) is 4.55. The van der Waals surface area contributed by atoms with Gasteiger partial charge in [0, 0.05) is 5.56 Å². The van der Waals surface area contributed by atoms with Crippen molar-refractivity contribution in [2.45, 2.75) is 13.3 Å². The van der Waals surface area contributed by atoms with E-state index in [1.807, 2.05) is 6.92 Å². The molecule has 0 aromatic heterocycles. The van der Waals surface area contributed by atoms with Gasteiger partial charge in [-0.15, -0.1) is 0 Å². The van der Waals surface area contributed by atoms with Crippen LogP contribution in [0.5, 0.6) is 11.5 Å². The summed E-state index contributed by atoms with van der Waals surface area (Å²) in [5, 5.41) is 0. The summed E-state index contributed by atoms with van der Waals surface area (Å²) >= 11 is 0. The highest BCUT2D eigenvalue weighted by molar-refractivity contribution is 5.98. The molecule has 2 amide bonds. The van der Waals surface area contributed by atoms with Crippen molar-refractivity contribution in [1.29, 1.82) is 0 Å². The minimum absolute atomic E-state index is 0.00226. The molecule has 2 rings (SSSR count). The van der Waals surface area contributed by atoms with Crippen LogP contribution < -0.4 is 20.3 Å². The van der Waals surface area contributed by atoms with Crippen molar-refractivity contribution in [2.75, 3.05) is 26.9 Å². The van der Waals surface area contributed by atoms with E-state index in [9.17, 15) is 9.59 Å². The minimum Gasteiger partial charge on any atom is -0.494 e. The number of hydrogen-bond donors (Lipinski definition) is 2. The largest absolute Gasteiger partial charge is 0.494 e. The van der Waals surface area contributed by atoms with Gasteiger partial charge >= 0.3 is 5.91 Å². The molecular weight excluding hydrogens is 316 g/mol. The van der Waals surface area contributed by atoms with Crippen molar-refractivity contribution >= 4 is 11.8 Å². The summed E-state index contributed by atoms with van der Waals surface area (Å²) in [5.41, 5.74) is 4.86. The van der Waals surface area contributed by atoms with Crippen LogP contribution in [0.3, 0.4) is 0 Å². The van der Waals surface area contributed by atoms with Gasteiger partial charge in [0.25, 0.3) is 5.91 Å². The first-order valence-corrected chi connectivity index (χ1v) is 7.51. The molecule has 24 heavy (non-hydrogen) atoms. The number of methoxy groups -OCH3 is 1. The molecule has 1 aromatic carbocycles. The molecule has 0 atom stereocenters. The molecule has 0 aliphatic carbocycles. The van der Waals surface area contributed by atoms with Crippen molar-refractivity contribution in [1.82, 2.24) is 10.9 Å². The maximum Gasteiger partial charge on any atom is 0.308 e. The van der Waals surface area contributed by atoms with E-state index in [0.29, 0.717) is 30.3 Å². The smallest absolute Gasteiger partial charge is 0.308 e. The van der Waals surface area contributed by atoms with Gasteiger partial charge in [-0.3, -0.25) is 20.4 Å². The molecule has 8 nitrogen and oxygen atoms in total. The Kier molecular flexibility index (Phi) is 6.30. The van der Waals surface area contributed by atoms with E-state index in [1.54, 1.807) is 12.1 Å². The standard InChI is InChI=1S/C16H20N2O6/c1-3-6-23-12-5-4-11(9-13(12)21-2)15(19)17-18-16(20)14-10-22-7-8-24-14/h4-5,9-10H,3,6-8H2,1-2H3,(H,17,19)(H,18,20). The first-order chi connectivity index (χ1) is 11.7. The van der Waals surface area contributed by atoms with E-state index in [-0.39, 0.29) is 12.4 Å². The summed E-state index contributed by atoms with van der Waals surface area (Å²) in [4.78, 5) is 23.9. The topological polar surface area (TPSA) is 95.1 Å². The predicted molar refractivity (Wildman–Crippen MR) is 84.4 cm³/mol. The average molecular weight is 336 g/mol. The molecule has 1 aromatic rings. The van der Waals surface area contributed by atoms with Crippen LogP contribution in [-0.2, 0) is 14.3 Å². The van der Waals surface area contributed by atoms with Crippen LogP contribution in [0.4, 0.5) is 0 Å². The summed E-state index contributed by atoms with van der Waals surface area (Å²) in [6, 6.07) is 4.76. The Morgan fingerprint density at radius 2 is 1.96 bits per heavy atom. The van der Waals surface area contributed by atoms with Crippen LogP contribution >= 0.6 is 0 Å². The summed E-state index contributed by atoms with van der Waals surface area (Å²) in [5.74, 6) is -0.103. The van der Waals surface area contributed by atoms with Crippen LogP contribution in [0.15, 0.2) is 30.2 Å². The molecule has 2 N–H and O–H groups in total. The fourth-order valence-corrected chi connectivity index (χ4v) is 1.87. The zero-order valence-corrected chi connectivity index (χ0v) is 13.6. The Morgan fingerprint density at radius 1 is 1.17 bits per heavy atom. The highest BCUT2D eigenvalue weighted by Crippen LogP contribution is 2.28. The lowest BCUT2D eigenvalue weighted by Gasteiger charge is -2.15. The zero-order valence-electron chi connectivity index (χ0n) is 13.6. The second-order valence-corrected chi connectivity index (χ2v) is 4.82. The molecule has 0 bridgehead atoms. The second kappa shape index (κ2) is 8.66. The van der Waals surface area contributed by atoms with E-state index < -0.39 is 11.8 Å². The van der Waals surface area contributed by atoms with Gasteiger partial charge in [-0.2, -0.15) is 0 Å². The maximum atomic E-state index is 12.1. The van der Waals surface area contributed by atoms with E-state index in [2.05, 4.69) is 10.9 Å². The van der Waals surface area contributed by atoms with E-state index in [1.165, 1.54) is 19.4 Å². The molecular formula is C16H20N2O6. The number of hydrogen-bond acceptors (Lipinski definition) is 6. The Bertz CT molecular complexity index is 629. The highest BCUT2D eigenvalue weighted by atomic mass is 16.6. The molecule has 1 aliphatic heterocycles. The number of amides is 2. The molecule has 0 radical (unpaired) electrons. The predicted octanol–water partition coefficient (Wildman–Crippen LogP) is 1.13. The van der Waals surface area contributed by atoms with Crippen LogP contribution in [-0.4, -0.2) is 38.7 Å². The van der Waals surface area contributed by atoms with Crippen molar-refractivity contribution in [3.63, 3.8) is 0 Å². The number of carbonyl (C=O) groups is 2. The fraction of sp³-hybridized carbons (Fsp3) is 0.375. The van der Waals surface area contributed by atoms with Crippen LogP contribution in [0.2, 0.25) is 0 Å². The van der Waals surface area contributed by atoms with Crippen molar-refractivity contribution in [2.24, 2.45) is 0 Å². The Morgan fingerprint density at radius 3 is 2.62 bits per heavy atom. The van der Waals surface area contributed by atoms with Crippen molar-refractivity contribution in [3.8, 4) is 11.5 Å². The molecule has 0 saturated carbocycles. The van der Waals surface area contributed by atoms with Gasteiger partial charge in [-0.25, -0.2) is 0 Å². The highest BCUT2D eigenvalue weighted by Gasteiger charge is 2.17. The number of rotatable bonds is 6. The van der Waals surface area contributed by atoms with E-state index >= 15 is 0 Å². The normalized spacial score (nSPS) is 13.0. The van der Waals surface area contributed by atoms with E-state index in [4.69, 9.17) is 18.9 Å². The number of benzene rings is 1. The molecule has 0 fully saturated rings. The third-order valence-corrected chi connectivity index (χ3v) is 3.05. The van der Waals surface area contributed by atoms with Gasteiger partial charge in [-0.1, -0.05) is 6.92 Å². The van der Waals surface area contributed by atoms with Crippen molar-refractivity contribution < 1.29 is 28.5 Å². The summed E-state index contributed by atoms with van der Waals surface area (Å²) in [7, 11) is 1.49. The molecule has 8 heteroatoms. The monoisotopic (exact) mass is 336 g/mol. The maximum absolute atomic E-state index is 12.1. The zero-order chi connectivity index (χ0) is 17.4. The second-order valence-electron chi connectivity index (χ2n) is 4.82. The van der Waals surface area contributed by atoms with Gasteiger partial charge < -0.3 is 18.9 Å². The first kappa shape index (κ1) is 17.5. The Balaban J connectivity index is 1.96. The first-order valence-electron chi connectivity index (χ1n) is 7.51. The molecule has 1 heterocycles. The van der Waals surface area contributed by atoms with Gasteiger partial charge in [0.15, 0.2) is 11.5 Å². The Labute approximate surface area is 139 Å². The quantitative estimate of drug-likeness (QED) is 0.756. The number of hydrazine groups is 1. The van der Waals surface area contributed by atoms with Crippen LogP contribution in [0.25, 0.3) is 0 Å². The average Bonchev–Trinajstić information content (AvgIpc) is 2.64. The summed E-state index contributed by atoms with van der Waals surface area (Å²) in [6.07, 6.45) is 2.06. The minimum atomic E-state index is -0.599. The molecule has 0 spiro atoms. The summed E-state index contributed by atoms with van der Waals surface area (Å²) in [6.45, 7) is 3.21. The van der Waals surface area contributed by atoms with Crippen LogP contribution in [0, 0.1) is 0 Å². The third-order valence-electron chi connectivity index (χ3n) is 3.05. The van der Waals surface area contributed by atoms with E-state index in [0.717, 1.165) is 6.42 Å².